The first-order valence-corrected chi connectivity index (χ1v) is 10.0. The summed E-state index contributed by atoms with van der Waals surface area (Å²) >= 11 is 0. The number of amides is 3. The van der Waals surface area contributed by atoms with Crippen LogP contribution in [0, 0.1) is 5.92 Å². The molecule has 31 heavy (non-hydrogen) atoms. The second-order valence-corrected chi connectivity index (χ2v) is 7.41. The second-order valence-electron chi connectivity index (χ2n) is 7.41. The van der Waals surface area contributed by atoms with Gasteiger partial charge in [0.05, 0.1) is 11.3 Å². The molecule has 3 amide bonds. The van der Waals surface area contributed by atoms with Crippen molar-refractivity contribution in [1.82, 2.24) is 10.1 Å². The maximum absolute atomic E-state index is 13.0. The van der Waals surface area contributed by atoms with Crippen LogP contribution in [0.2, 0.25) is 0 Å². The maximum Gasteiger partial charge on any atom is 0.277 e. The number of nitrogens with two attached hydrogens (primary N) is 1. The van der Waals surface area contributed by atoms with E-state index in [1.54, 1.807) is 35.2 Å². The van der Waals surface area contributed by atoms with Crippen molar-refractivity contribution in [2.75, 3.05) is 18.4 Å². The highest BCUT2D eigenvalue weighted by molar-refractivity contribution is 6.08. The molecule has 0 radical (unpaired) electrons. The van der Waals surface area contributed by atoms with Crippen LogP contribution in [-0.4, -0.2) is 40.9 Å². The van der Waals surface area contributed by atoms with E-state index in [0.29, 0.717) is 42.9 Å². The van der Waals surface area contributed by atoms with Crippen LogP contribution >= 0.6 is 0 Å². The number of carbonyl (C=O) groups is 3. The summed E-state index contributed by atoms with van der Waals surface area (Å²) in [5.41, 5.74) is 7.06. The van der Waals surface area contributed by atoms with Gasteiger partial charge in [-0.1, -0.05) is 47.6 Å². The fourth-order valence-electron chi connectivity index (χ4n) is 3.62. The zero-order valence-corrected chi connectivity index (χ0v) is 16.8. The fraction of sp³-hybridized carbons (Fsp3) is 0.217. The van der Waals surface area contributed by atoms with E-state index < -0.39 is 5.91 Å². The first kappa shape index (κ1) is 20.3. The van der Waals surface area contributed by atoms with Crippen molar-refractivity contribution in [1.29, 1.82) is 0 Å². The molecule has 3 N–H and O–H groups in total. The average Bonchev–Trinajstić information content (AvgIpc) is 3.30. The van der Waals surface area contributed by atoms with Crippen LogP contribution in [-0.2, 0) is 4.79 Å². The Morgan fingerprint density at radius 1 is 1.00 bits per heavy atom. The summed E-state index contributed by atoms with van der Waals surface area (Å²) in [4.78, 5) is 38.8. The predicted molar refractivity (Wildman–Crippen MR) is 114 cm³/mol. The van der Waals surface area contributed by atoms with Gasteiger partial charge in [0.1, 0.15) is 0 Å². The third-order valence-corrected chi connectivity index (χ3v) is 5.39. The summed E-state index contributed by atoms with van der Waals surface area (Å²) < 4.78 is 5.29. The number of rotatable bonds is 5. The predicted octanol–water partition coefficient (Wildman–Crippen LogP) is 2.93. The SMILES string of the molecule is NC(=O)C1CCN(C(=O)c2ccccc2NC(=O)c2cc(-c3ccccc3)on2)CC1. The minimum absolute atomic E-state index is 0.114. The van der Waals surface area contributed by atoms with Crippen molar-refractivity contribution in [3.05, 3.63) is 71.9 Å². The number of carbonyl (C=O) groups excluding carboxylic acids is 3. The van der Waals surface area contributed by atoms with Crippen LogP contribution in [0.25, 0.3) is 11.3 Å². The van der Waals surface area contributed by atoms with Crippen LogP contribution in [0.3, 0.4) is 0 Å². The highest BCUT2D eigenvalue weighted by atomic mass is 16.5. The van der Waals surface area contributed by atoms with Gasteiger partial charge in [0.2, 0.25) is 5.91 Å². The number of likely N-dealkylation sites (tertiary alicyclic amines) is 1. The molecule has 3 aromatic rings. The Hall–Kier alpha value is -3.94. The van der Waals surface area contributed by atoms with Gasteiger partial charge in [-0.15, -0.1) is 0 Å². The Kier molecular flexibility index (Phi) is 5.79. The minimum atomic E-state index is -0.474. The molecule has 2 heterocycles. The zero-order valence-electron chi connectivity index (χ0n) is 16.8. The molecule has 0 unspecified atom stereocenters. The molecule has 1 aliphatic rings. The number of primary amides is 1. The van der Waals surface area contributed by atoms with Gasteiger partial charge in [0.15, 0.2) is 11.5 Å². The molecule has 8 heteroatoms. The third kappa shape index (κ3) is 4.48. The molecule has 0 bridgehead atoms. The van der Waals surface area contributed by atoms with E-state index in [4.69, 9.17) is 10.3 Å². The molecule has 8 nitrogen and oxygen atoms in total. The van der Waals surface area contributed by atoms with E-state index >= 15 is 0 Å². The van der Waals surface area contributed by atoms with Crippen LogP contribution in [0.1, 0.15) is 33.7 Å². The molecule has 158 valence electrons. The van der Waals surface area contributed by atoms with Crippen molar-refractivity contribution in [3.63, 3.8) is 0 Å². The normalized spacial score (nSPS) is 14.3. The molecule has 2 aromatic carbocycles. The Morgan fingerprint density at radius 3 is 2.39 bits per heavy atom. The molecule has 1 aliphatic heterocycles. The third-order valence-electron chi connectivity index (χ3n) is 5.39. The number of piperidine rings is 1. The lowest BCUT2D eigenvalue weighted by Gasteiger charge is -2.31. The highest BCUT2D eigenvalue weighted by Crippen LogP contribution is 2.24. The molecule has 1 fully saturated rings. The van der Waals surface area contributed by atoms with Crippen LogP contribution in [0.5, 0.6) is 0 Å². The van der Waals surface area contributed by atoms with E-state index in [1.807, 2.05) is 30.3 Å². The topological polar surface area (TPSA) is 119 Å². The number of nitrogens with one attached hydrogen (secondary N) is 1. The summed E-state index contributed by atoms with van der Waals surface area (Å²) in [6, 6.07) is 17.7. The lowest BCUT2D eigenvalue weighted by Crippen LogP contribution is -2.42. The summed E-state index contributed by atoms with van der Waals surface area (Å²) in [6.45, 7) is 0.886. The monoisotopic (exact) mass is 418 g/mol. The van der Waals surface area contributed by atoms with Gasteiger partial charge >= 0.3 is 0 Å². The Balaban J connectivity index is 1.48. The quantitative estimate of drug-likeness (QED) is 0.660. The van der Waals surface area contributed by atoms with Gasteiger partial charge in [-0.25, -0.2) is 0 Å². The first-order chi connectivity index (χ1) is 15.0. The summed E-state index contributed by atoms with van der Waals surface area (Å²) in [5, 5.41) is 6.61. The lowest BCUT2D eigenvalue weighted by atomic mass is 9.95. The second kappa shape index (κ2) is 8.83. The van der Waals surface area contributed by atoms with Crippen molar-refractivity contribution in [2.45, 2.75) is 12.8 Å². The number of aromatic nitrogens is 1. The fourth-order valence-corrected chi connectivity index (χ4v) is 3.62. The lowest BCUT2D eigenvalue weighted by molar-refractivity contribution is -0.123. The molecule has 0 saturated carbocycles. The van der Waals surface area contributed by atoms with Gasteiger partial charge in [0.25, 0.3) is 11.8 Å². The van der Waals surface area contributed by atoms with Gasteiger partial charge in [-0.05, 0) is 25.0 Å². The van der Waals surface area contributed by atoms with Crippen LogP contribution in [0.15, 0.2) is 65.2 Å². The number of hydrogen-bond donors (Lipinski definition) is 2. The average molecular weight is 418 g/mol. The van der Waals surface area contributed by atoms with E-state index in [1.165, 1.54) is 0 Å². The maximum atomic E-state index is 13.0. The van der Waals surface area contributed by atoms with Gasteiger partial charge in [-0.2, -0.15) is 0 Å². The standard InChI is InChI=1S/C23H22N4O4/c24-21(28)16-10-12-27(13-11-16)23(30)17-8-4-5-9-18(17)25-22(29)19-14-20(31-26-19)15-6-2-1-3-7-15/h1-9,14,16H,10-13H2,(H2,24,28)(H,25,29). The smallest absolute Gasteiger partial charge is 0.277 e. The molecule has 0 atom stereocenters. The summed E-state index contributed by atoms with van der Waals surface area (Å²) in [6.07, 6.45) is 1.08. The number of hydrogen-bond acceptors (Lipinski definition) is 5. The largest absolute Gasteiger partial charge is 0.369 e. The highest BCUT2D eigenvalue weighted by Gasteiger charge is 2.28. The van der Waals surface area contributed by atoms with Crippen molar-refractivity contribution >= 4 is 23.4 Å². The van der Waals surface area contributed by atoms with Crippen LogP contribution < -0.4 is 11.1 Å². The van der Waals surface area contributed by atoms with Gasteiger partial charge < -0.3 is 20.5 Å². The summed E-state index contributed by atoms with van der Waals surface area (Å²) in [5.74, 6) is -0.734. The molecular formula is C23H22N4O4. The van der Waals surface area contributed by atoms with Crippen molar-refractivity contribution < 1.29 is 18.9 Å². The van der Waals surface area contributed by atoms with Crippen molar-refractivity contribution in [2.24, 2.45) is 11.7 Å². The van der Waals surface area contributed by atoms with Crippen LogP contribution in [0.4, 0.5) is 5.69 Å². The molecule has 0 spiro atoms. The molecule has 1 aromatic heterocycles. The number of nitrogens with zero attached hydrogens (tertiary/aromatic N) is 2. The molecule has 1 saturated heterocycles. The Bertz CT molecular complexity index is 1100. The minimum Gasteiger partial charge on any atom is -0.369 e. The zero-order chi connectivity index (χ0) is 21.8. The van der Waals surface area contributed by atoms with Crippen molar-refractivity contribution in [3.8, 4) is 11.3 Å². The molecule has 0 aliphatic carbocycles. The van der Waals surface area contributed by atoms with E-state index in [-0.39, 0.29) is 23.4 Å². The Morgan fingerprint density at radius 2 is 1.68 bits per heavy atom. The summed E-state index contributed by atoms with van der Waals surface area (Å²) in [7, 11) is 0. The molecule has 4 rings (SSSR count). The van der Waals surface area contributed by atoms with Gasteiger partial charge in [0, 0.05) is 30.6 Å². The van der Waals surface area contributed by atoms with E-state index in [0.717, 1.165) is 5.56 Å². The van der Waals surface area contributed by atoms with E-state index in [9.17, 15) is 14.4 Å². The van der Waals surface area contributed by atoms with Gasteiger partial charge in [-0.3, -0.25) is 14.4 Å². The number of anilines is 1. The van der Waals surface area contributed by atoms with E-state index in [2.05, 4.69) is 10.5 Å². The molecular weight excluding hydrogens is 396 g/mol. The number of benzene rings is 2. The Labute approximate surface area is 179 Å². The number of para-hydroxylation sites is 1. The first-order valence-electron chi connectivity index (χ1n) is 10.0.